The maximum Gasteiger partial charge on any atom is 0.358 e. The third kappa shape index (κ3) is 5.24. The Labute approximate surface area is 114 Å². The second kappa shape index (κ2) is 8.45. The third-order valence-corrected chi connectivity index (χ3v) is 2.95. The minimum Gasteiger partial charge on any atom is -0.464 e. The van der Waals surface area contributed by atoms with Crippen molar-refractivity contribution in [3.8, 4) is 0 Å². The number of hydrogen-bond acceptors (Lipinski definition) is 5. The SMILES string of the molecule is CCCCC(CCC)Nc1ccc(C(=O)OC)nn1. The van der Waals surface area contributed by atoms with Crippen molar-refractivity contribution in [2.24, 2.45) is 0 Å². The number of nitrogens with one attached hydrogen (secondary N) is 1. The number of methoxy groups -OCH3 is 1. The summed E-state index contributed by atoms with van der Waals surface area (Å²) < 4.78 is 4.59. The third-order valence-electron chi connectivity index (χ3n) is 2.95. The highest BCUT2D eigenvalue weighted by Crippen LogP contribution is 2.13. The van der Waals surface area contributed by atoms with Gasteiger partial charge in [0, 0.05) is 6.04 Å². The molecule has 1 rings (SSSR count). The zero-order valence-electron chi connectivity index (χ0n) is 12.0. The summed E-state index contributed by atoms with van der Waals surface area (Å²) >= 11 is 0. The smallest absolute Gasteiger partial charge is 0.358 e. The summed E-state index contributed by atoms with van der Waals surface area (Å²) in [4.78, 5) is 11.2. The molecule has 1 aromatic heterocycles. The Bertz CT molecular complexity index is 379. The summed E-state index contributed by atoms with van der Waals surface area (Å²) in [7, 11) is 1.33. The van der Waals surface area contributed by atoms with Gasteiger partial charge in [-0.1, -0.05) is 33.1 Å². The van der Waals surface area contributed by atoms with E-state index < -0.39 is 5.97 Å². The molecule has 0 amide bonds. The first-order valence-electron chi connectivity index (χ1n) is 6.89. The largest absolute Gasteiger partial charge is 0.464 e. The second-order valence-corrected chi connectivity index (χ2v) is 4.57. The molecule has 0 aromatic carbocycles. The number of aromatic nitrogens is 2. The van der Waals surface area contributed by atoms with Gasteiger partial charge in [-0.2, -0.15) is 0 Å². The van der Waals surface area contributed by atoms with E-state index in [1.807, 2.05) is 0 Å². The number of anilines is 1. The number of ether oxygens (including phenoxy) is 1. The van der Waals surface area contributed by atoms with Crippen molar-refractivity contribution < 1.29 is 9.53 Å². The Morgan fingerprint density at radius 3 is 2.58 bits per heavy atom. The van der Waals surface area contributed by atoms with Crippen LogP contribution in [-0.4, -0.2) is 29.3 Å². The van der Waals surface area contributed by atoms with Crippen LogP contribution >= 0.6 is 0 Å². The normalized spacial score (nSPS) is 11.9. The first kappa shape index (κ1) is 15.4. The molecule has 5 heteroatoms. The van der Waals surface area contributed by atoms with E-state index in [4.69, 9.17) is 0 Å². The van der Waals surface area contributed by atoms with Crippen molar-refractivity contribution in [1.29, 1.82) is 0 Å². The fourth-order valence-electron chi connectivity index (χ4n) is 1.92. The molecule has 0 aliphatic carbocycles. The average molecular weight is 265 g/mol. The standard InChI is InChI=1S/C14H23N3O2/c1-4-6-8-11(7-5-2)15-13-10-9-12(16-17-13)14(18)19-3/h9-11H,4-8H2,1-3H3,(H,15,17). The molecule has 5 nitrogen and oxygen atoms in total. The number of hydrogen-bond donors (Lipinski definition) is 1. The monoisotopic (exact) mass is 265 g/mol. The van der Waals surface area contributed by atoms with Crippen LogP contribution in [0.1, 0.15) is 56.4 Å². The number of carbonyl (C=O) groups is 1. The van der Waals surface area contributed by atoms with Gasteiger partial charge in [0.25, 0.3) is 0 Å². The van der Waals surface area contributed by atoms with Crippen LogP contribution in [0.3, 0.4) is 0 Å². The van der Waals surface area contributed by atoms with E-state index in [1.54, 1.807) is 12.1 Å². The molecule has 0 fully saturated rings. The maximum absolute atomic E-state index is 11.2. The first-order valence-corrected chi connectivity index (χ1v) is 6.89. The van der Waals surface area contributed by atoms with Gasteiger partial charge in [0.2, 0.25) is 0 Å². The lowest BCUT2D eigenvalue weighted by Crippen LogP contribution is -2.20. The quantitative estimate of drug-likeness (QED) is 0.732. The molecule has 0 bridgehead atoms. The minimum absolute atomic E-state index is 0.230. The number of esters is 1. The van der Waals surface area contributed by atoms with Gasteiger partial charge in [-0.05, 0) is 25.0 Å². The first-order chi connectivity index (χ1) is 9.21. The Morgan fingerprint density at radius 2 is 2.05 bits per heavy atom. The topological polar surface area (TPSA) is 64.1 Å². The van der Waals surface area contributed by atoms with Crippen molar-refractivity contribution in [2.45, 2.75) is 52.0 Å². The number of unbranched alkanes of at least 4 members (excludes halogenated alkanes) is 1. The van der Waals surface area contributed by atoms with Crippen LogP contribution in [0, 0.1) is 0 Å². The van der Waals surface area contributed by atoms with Crippen molar-refractivity contribution in [2.75, 3.05) is 12.4 Å². The van der Waals surface area contributed by atoms with Gasteiger partial charge in [0.05, 0.1) is 7.11 Å². The Balaban J connectivity index is 2.60. The molecule has 0 saturated heterocycles. The van der Waals surface area contributed by atoms with E-state index in [0.29, 0.717) is 11.9 Å². The lowest BCUT2D eigenvalue weighted by molar-refractivity contribution is 0.0593. The van der Waals surface area contributed by atoms with Crippen LogP contribution in [0.2, 0.25) is 0 Å². The van der Waals surface area contributed by atoms with Gasteiger partial charge in [0.1, 0.15) is 5.82 Å². The molecule has 106 valence electrons. The molecule has 0 radical (unpaired) electrons. The van der Waals surface area contributed by atoms with E-state index in [-0.39, 0.29) is 5.69 Å². The lowest BCUT2D eigenvalue weighted by atomic mass is 10.1. The summed E-state index contributed by atoms with van der Waals surface area (Å²) in [6, 6.07) is 3.82. The van der Waals surface area contributed by atoms with Crippen molar-refractivity contribution in [3.05, 3.63) is 17.8 Å². The Hall–Kier alpha value is -1.65. The molecule has 19 heavy (non-hydrogen) atoms. The average Bonchev–Trinajstić information content (AvgIpc) is 2.45. The number of nitrogens with zero attached hydrogens (tertiary/aromatic N) is 2. The molecule has 1 N–H and O–H groups in total. The Kier molecular flexibility index (Phi) is 6.85. The molecular formula is C14H23N3O2. The predicted molar refractivity (Wildman–Crippen MR) is 75.2 cm³/mol. The highest BCUT2D eigenvalue weighted by Gasteiger charge is 2.10. The van der Waals surface area contributed by atoms with Crippen molar-refractivity contribution in [1.82, 2.24) is 10.2 Å². The van der Waals surface area contributed by atoms with Crippen LogP contribution in [-0.2, 0) is 4.74 Å². The van der Waals surface area contributed by atoms with Crippen LogP contribution < -0.4 is 5.32 Å². The van der Waals surface area contributed by atoms with Gasteiger partial charge in [-0.15, -0.1) is 10.2 Å². The molecular weight excluding hydrogens is 242 g/mol. The fourth-order valence-corrected chi connectivity index (χ4v) is 1.92. The maximum atomic E-state index is 11.2. The summed E-state index contributed by atoms with van der Waals surface area (Å²) in [6.07, 6.45) is 5.76. The molecule has 1 atom stereocenters. The van der Waals surface area contributed by atoms with Crippen LogP contribution in [0.15, 0.2) is 12.1 Å². The minimum atomic E-state index is -0.463. The molecule has 1 unspecified atom stereocenters. The van der Waals surface area contributed by atoms with Gasteiger partial charge < -0.3 is 10.1 Å². The molecule has 1 heterocycles. The van der Waals surface area contributed by atoms with Gasteiger partial charge in [0.15, 0.2) is 5.69 Å². The van der Waals surface area contributed by atoms with Gasteiger partial charge in [-0.3, -0.25) is 0 Å². The Morgan fingerprint density at radius 1 is 1.26 bits per heavy atom. The van der Waals surface area contributed by atoms with E-state index >= 15 is 0 Å². The van der Waals surface area contributed by atoms with E-state index in [1.165, 1.54) is 20.0 Å². The number of carbonyl (C=O) groups excluding carboxylic acids is 1. The van der Waals surface area contributed by atoms with Crippen LogP contribution in [0.4, 0.5) is 5.82 Å². The van der Waals surface area contributed by atoms with E-state index in [0.717, 1.165) is 19.3 Å². The summed E-state index contributed by atoms with van der Waals surface area (Å²) in [5.41, 5.74) is 0.230. The lowest BCUT2D eigenvalue weighted by Gasteiger charge is -2.18. The predicted octanol–water partition coefficient (Wildman–Crippen LogP) is 3.03. The zero-order chi connectivity index (χ0) is 14.1. The van der Waals surface area contributed by atoms with Crippen LogP contribution in [0.5, 0.6) is 0 Å². The molecule has 0 aliphatic rings. The molecule has 0 spiro atoms. The molecule has 0 saturated carbocycles. The summed E-state index contributed by atoms with van der Waals surface area (Å²) in [5.74, 6) is 0.248. The summed E-state index contributed by atoms with van der Waals surface area (Å²) in [6.45, 7) is 4.36. The summed E-state index contributed by atoms with van der Waals surface area (Å²) in [5, 5.41) is 11.2. The van der Waals surface area contributed by atoms with Gasteiger partial charge in [-0.25, -0.2) is 4.79 Å². The molecule has 0 aliphatic heterocycles. The zero-order valence-corrected chi connectivity index (χ0v) is 12.0. The number of rotatable bonds is 8. The highest BCUT2D eigenvalue weighted by molar-refractivity contribution is 5.86. The molecule has 1 aromatic rings. The van der Waals surface area contributed by atoms with Crippen molar-refractivity contribution in [3.63, 3.8) is 0 Å². The highest BCUT2D eigenvalue weighted by atomic mass is 16.5. The second-order valence-electron chi connectivity index (χ2n) is 4.57. The van der Waals surface area contributed by atoms with Crippen LogP contribution in [0.25, 0.3) is 0 Å². The van der Waals surface area contributed by atoms with E-state index in [2.05, 4.69) is 34.1 Å². The fraction of sp³-hybridized carbons (Fsp3) is 0.643. The van der Waals surface area contributed by atoms with E-state index in [9.17, 15) is 4.79 Å². The van der Waals surface area contributed by atoms with Crippen molar-refractivity contribution >= 4 is 11.8 Å². The van der Waals surface area contributed by atoms with Gasteiger partial charge >= 0.3 is 5.97 Å².